The maximum Gasteiger partial charge on any atom is 0.303 e. The fourth-order valence-electron chi connectivity index (χ4n) is 1.65. The van der Waals surface area contributed by atoms with Gasteiger partial charge >= 0.3 is 5.97 Å². The molecule has 0 radical (unpaired) electrons. The van der Waals surface area contributed by atoms with Gasteiger partial charge in [0, 0.05) is 24.7 Å². The predicted octanol–water partition coefficient (Wildman–Crippen LogP) is 2.41. The second kappa shape index (κ2) is 5.30. The van der Waals surface area contributed by atoms with Crippen LogP contribution in [0.25, 0.3) is 11.3 Å². The zero-order chi connectivity index (χ0) is 12.1. The van der Waals surface area contributed by atoms with Crippen LogP contribution in [0, 0.1) is 0 Å². The van der Waals surface area contributed by atoms with Crippen LogP contribution >= 0.6 is 0 Å². The van der Waals surface area contributed by atoms with Crippen molar-refractivity contribution in [3.63, 3.8) is 0 Å². The predicted molar refractivity (Wildman–Crippen MR) is 64.5 cm³/mol. The number of aryl methyl sites for hydroxylation is 1. The lowest BCUT2D eigenvalue weighted by Crippen LogP contribution is -1.99. The SMILES string of the molecule is O=C(O)CCCn1cnc(-c2ccccc2)c1. The van der Waals surface area contributed by atoms with E-state index in [1.165, 1.54) is 0 Å². The van der Waals surface area contributed by atoms with Crippen LogP contribution in [0.5, 0.6) is 0 Å². The van der Waals surface area contributed by atoms with Crippen LogP contribution < -0.4 is 0 Å². The van der Waals surface area contributed by atoms with Crippen molar-refractivity contribution in [2.75, 3.05) is 0 Å². The first kappa shape index (κ1) is 11.4. The van der Waals surface area contributed by atoms with E-state index in [1.54, 1.807) is 6.33 Å². The second-order valence-electron chi connectivity index (χ2n) is 3.86. The van der Waals surface area contributed by atoms with E-state index < -0.39 is 5.97 Å². The number of imidazole rings is 1. The fraction of sp³-hybridized carbons (Fsp3) is 0.231. The number of nitrogens with zero attached hydrogens (tertiary/aromatic N) is 2. The monoisotopic (exact) mass is 230 g/mol. The van der Waals surface area contributed by atoms with Crippen molar-refractivity contribution in [2.45, 2.75) is 19.4 Å². The lowest BCUT2D eigenvalue weighted by atomic mass is 10.2. The van der Waals surface area contributed by atoms with Crippen molar-refractivity contribution in [1.82, 2.24) is 9.55 Å². The van der Waals surface area contributed by atoms with Crippen LogP contribution in [0.15, 0.2) is 42.9 Å². The zero-order valence-corrected chi connectivity index (χ0v) is 9.41. The van der Waals surface area contributed by atoms with E-state index in [0.29, 0.717) is 13.0 Å². The smallest absolute Gasteiger partial charge is 0.303 e. The Morgan fingerprint density at radius 2 is 2.06 bits per heavy atom. The van der Waals surface area contributed by atoms with Crippen molar-refractivity contribution in [3.05, 3.63) is 42.9 Å². The highest BCUT2D eigenvalue weighted by molar-refractivity contribution is 5.66. The van der Waals surface area contributed by atoms with Crippen LogP contribution in [-0.2, 0) is 11.3 Å². The Labute approximate surface area is 99.5 Å². The Balaban J connectivity index is 1.99. The van der Waals surface area contributed by atoms with Crippen LogP contribution in [0.3, 0.4) is 0 Å². The Hall–Kier alpha value is -2.10. The van der Waals surface area contributed by atoms with Gasteiger partial charge < -0.3 is 9.67 Å². The molecule has 1 N–H and O–H groups in total. The van der Waals surface area contributed by atoms with Crippen LogP contribution in [0.4, 0.5) is 0 Å². The summed E-state index contributed by atoms with van der Waals surface area (Å²) in [5, 5.41) is 8.55. The summed E-state index contributed by atoms with van der Waals surface area (Å²) >= 11 is 0. The first-order chi connectivity index (χ1) is 8.25. The van der Waals surface area contributed by atoms with E-state index in [9.17, 15) is 4.79 Å². The molecule has 4 heteroatoms. The van der Waals surface area contributed by atoms with Gasteiger partial charge in [-0.3, -0.25) is 4.79 Å². The van der Waals surface area contributed by atoms with Gasteiger partial charge in [-0.25, -0.2) is 4.98 Å². The first-order valence-electron chi connectivity index (χ1n) is 5.55. The molecular weight excluding hydrogens is 216 g/mol. The lowest BCUT2D eigenvalue weighted by Gasteiger charge is -1.99. The molecule has 0 bridgehead atoms. The molecule has 0 atom stereocenters. The van der Waals surface area contributed by atoms with E-state index >= 15 is 0 Å². The Kier molecular flexibility index (Phi) is 3.55. The molecule has 0 spiro atoms. The standard InChI is InChI=1S/C13H14N2O2/c16-13(17)7-4-8-15-9-12(14-10-15)11-5-2-1-3-6-11/h1-3,5-6,9-10H,4,7-8H2,(H,16,17). The van der Waals surface area contributed by atoms with Gasteiger partial charge in [0.2, 0.25) is 0 Å². The van der Waals surface area contributed by atoms with Crippen molar-refractivity contribution < 1.29 is 9.90 Å². The summed E-state index contributed by atoms with van der Waals surface area (Å²) in [5.41, 5.74) is 1.99. The first-order valence-corrected chi connectivity index (χ1v) is 5.55. The molecule has 2 rings (SSSR count). The Bertz CT molecular complexity index is 491. The highest BCUT2D eigenvalue weighted by atomic mass is 16.4. The number of carboxylic acids is 1. The van der Waals surface area contributed by atoms with Gasteiger partial charge in [-0.15, -0.1) is 0 Å². The highest BCUT2D eigenvalue weighted by Crippen LogP contribution is 2.16. The van der Waals surface area contributed by atoms with E-state index in [2.05, 4.69) is 4.98 Å². The van der Waals surface area contributed by atoms with Crippen LogP contribution in [-0.4, -0.2) is 20.6 Å². The van der Waals surface area contributed by atoms with E-state index in [-0.39, 0.29) is 6.42 Å². The van der Waals surface area contributed by atoms with Gasteiger partial charge in [0.15, 0.2) is 0 Å². The molecule has 0 unspecified atom stereocenters. The average Bonchev–Trinajstić information content (AvgIpc) is 2.78. The topological polar surface area (TPSA) is 55.1 Å². The third kappa shape index (κ3) is 3.17. The van der Waals surface area contributed by atoms with Gasteiger partial charge in [0.1, 0.15) is 0 Å². The number of hydrogen-bond donors (Lipinski definition) is 1. The third-order valence-corrected chi connectivity index (χ3v) is 2.51. The molecule has 0 saturated heterocycles. The maximum atomic E-state index is 10.4. The minimum atomic E-state index is -0.756. The molecule has 0 saturated carbocycles. The molecule has 1 aromatic heterocycles. The summed E-state index contributed by atoms with van der Waals surface area (Å²) in [6, 6.07) is 9.92. The van der Waals surface area contributed by atoms with Crippen molar-refractivity contribution >= 4 is 5.97 Å². The molecule has 1 heterocycles. The molecule has 0 aliphatic heterocycles. The quantitative estimate of drug-likeness (QED) is 0.858. The van der Waals surface area contributed by atoms with Gasteiger partial charge in [-0.2, -0.15) is 0 Å². The average molecular weight is 230 g/mol. The minimum absolute atomic E-state index is 0.193. The van der Waals surface area contributed by atoms with Gasteiger partial charge in [-0.05, 0) is 6.42 Å². The number of aliphatic carboxylic acids is 1. The molecule has 88 valence electrons. The molecular formula is C13H14N2O2. The Morgan fingerprint density at radius 3 is 2.76 bits per heavy atom. The number of rotatable bonds is 5. The van der Waals surface area contributed by atoms with Gasteiger partial charge in [0.05, 0.1) is 12.0 Å². The normalized spacial score (nSPS) is 10.4. The molecule has 17 heavy (non-hydrogen) atoms. The molecule has 4 nitrogen and oxygen atoms in total. The van der Waals surface area contributed by atoms with E-state index in [4.69, 9.17) is 5.11 Å². The maximum absolute atomic E-state index is 10.4. The minimum Gasteiger partial charge on any atom is -0.481 e. The summed E-state index contributed by atoms with van der Waals surface area (Å²) in [5.74, 6) is -0.756. The number of carboxylic acid groups (broad SMARTS) is 1. The molecule has 1 aromatic carbocycles. The summed E-state index contributed by atoms with van der Waals surface area (Å²) in [6.45, 7) is 0.687. The molecule has 0 aliphatic carbocycles. The summed E-state index contributed by atoms with van der Waals surface area (Å²) in [7, 11) is 0. The van der Waals surface area contributed by atoms with Gasteiger partial charge in [0.25, 0.3) is 0 Å². The number of hydrogen-bond acceptors (Lipinski definition) is 2. The van der Waals surface area contributed by atoms with Crippen LogP contribution in [0.1, 0.15) is 12.8 Å². The Morgan fingerprint density at radius 1 is 1.29 bits per heavy atom. The third-order valence-electron chi connectivity index (χ3n) is 2.51. The van der Waals surface area contributed by atoms with Crippen molar-refractivity contribution in [1.29, 1.82) is 0 Å². The number of aromatic nitrogens is 2. The van der Waals surface area contributed by atoms with Crippen molar-refractivity contribution in [2.24, 2.45) is 0 Å². The highest BCUT2D eigenvalue weighted by Gasteiger charge is 2.02. The lowest BCUT2D eigenvalue weighted by molar-refractivity contribution is -0.137. The van der Waals surface area contributed by atoms with E-state index in [0.717, 1.165) is 11.3 Å². The van der Waals surface area contributed by atoms with Gasteiger partial charge in [-0.1, -0.05) is 30.3 Å². The molecule has 2 aromatic rings. The number of benzene rings is 1. The molecule has 0 fully saturated rings. The number of carbonyl (C=O) groups is 1. The largest absolute Gasteiger partial charge is 0.481 e. The molecule has 0 aliphatic rings. The summed E-state index contributed by atoms with van der Waals surface area (Å²) in [6.07, 6.45) is 4.50. The molecule has 0 amide bonds. The van der Waals surface area contributed by atoms with Crippen molar-refractivity contribution in [3.8, 4) is 11.3 Å². The second-order valence-corrected chi connectivity index (χ2v) is 3.86. The van der Waals surface area contributed by atoms with E-state index in [1.807, 2.05) is 41.1 Å². The summed E-state index contributed by atoms with van der Waals surface area (Å²) in [4.78, 5) is 14.7. The van der Waals surface area contributed by atoms with Crippen LogP contribution in [0.2, 0.25) is 0 Å². The summed E-state index contributed by atoms with van der Waals surface area (Å²) < 4.78 is 1.92. The fourth-order valence-corrected chi connectivity index (χ4v) is 1.65. The zero-order valence-electron chi connectivity index (χ0n) is 9.41.